The first-order chi connectivity index (χ1) is 23.0. The van der Waals surface area contributed by atoms with Crippen LogP contribution in [-0.2, 0) is 22.0 Å². The number of benzene rings is 4. The lowest BCUT2D eigenvalue weighted by molar-refractivity contribution is -0.624. The lowest BCUT2D eigenvalue weighted by Crippen LogP contribution is -2.45. The van der Waals surface area contributed by atoms with E-state index in [0.717, 1.165) is 77.0 Å². The largest absolute Gasteiger partial charge is 0.618 e. The second kappa shape index (κ2) is 15.4. The van der Waals surface area contributed by atoms with Gasteiger partial charge in [0.1, 0.15) is 11.3 Å². The van der Waals surface area contributed by atoms with Gasteiger partial charge >= 0.3 is 0 Å². The monoisotopic (exact) mass is 667 g/mol. The van der Waals surface area contributed by atoms with Crippen LogP contribution in [0, 0.1) is 5.21 Å². The Morgan fingerprint density at radius 3 is 1.09 bits per heavy atom. The average molecular weight is 668 g/mol. The lowest BCUT2D eigenvalue weighted by Gasteiger charge is -2.36. The van der Waals surface area contributed by atoms with Crippen molar-refractivity contribution < 1.29 is 24.1 Å². The van der Waals surface area contributed by atoms with Crippen LogP contribution < -0.4 is 25.9 Å². The van der Waals surface area contributed by atoms with E-state index < -0.39 is 25.6 Å². The average Bonchev–Trinajstić information content (AvgIpc) is 3.16. The van der Waals surface area contributed by atoms with Crippen molar-refractivity contribution in [2.45, 2.75) is 49.8 Å². The molecule has 0 radical (unpaired) electrons. The molecule has 47 heavy (non-hydrogen) atoms. The fraction of sp³-hybridized carbons (Fsp3) is 0.256. The molecule has 0 aliphatic heterocycles. The molecule has 2 aliphatic rings. The molecule has 0 amide bonds. The standard InChI is InChI=1S/C37H35NO3P2.2CH4O/c39-38-36-28(15-13-25-34(36)42(40,30-17-5-1-6-18-30)31-19-7-2-8-20-31)27-29-16-14-26-35(37(29)38)43(41,32-21-9-3-10-22-32)33-23-11-4-12-24-33;2*1-2/h1-12,17-24,27,34-35H,13-16,25-26H2;2*2H,1H3/t34-,35-;;/m0../s1. The summed E-state index contributed by atoms with van der Waals surface area (Å²) in [5.74, 6) is 0. The van der Waals surface area contributed by atoms with Crippen molar-refractivity contribution in [1.82, 2.24) is 0 Å². The molecule has 0 unspecified atom stereocenters. The number of fused-ring (bicyclic) bond motifs is 2. The number of aliphatic hydroxyl groups is 2. The smallest absolute Gasteiger partial charge is 0.207 e. The van der Waals surface area contributed by atoms with Crippen LogP contribution in [0.1, 0.15) is 59.5 Å². The van der Waals surface area contributed by atoms with Crippen molar-refractivity contribution in [3.63, 3.8) is 0 Å². The number of hydrogen-bond acceptors (Lipinski definition) is 5. The molecule has 0 spiro atoms. The summed E-state index contributed by atoms with van der Waals surface area (Å²) in [4.78, 5) is 0. The number of pyridine rings is 1. The highest BCUT2D eigenvalue weighted by atomic mass is 31.2. The Balaban J connectivity index is 0.00000105. The van der Waals surface area contributed by atoms with E-state index in [0.29, 0.717) is 24.2 Å². The number of hydrogen-bond donors (Lipinski definition) is 2. The van der Waals surface area contributed by atoms with Crippen LogP contribution in [0.4, 0.5) is 0 Å². The minimum atomic E-state index is -3.26. The van der Waals surface area contributed by atoms with Gasteiger partial charge < -0.3 is 24.6 Å². The maximum absolute atomic E-state index is 15.6. The molecule has 0 saturated carbocycles. The van der Waals surface area contributed by atoms with Gasteiger partial charge in [-0.1, -0.05) is 121 Å². The zero-order valence-electron chi connectivity index (χ0n) is 27.0. The summed E-state index contributed by atoms with van der Waals surface area (Å²) < 4.78 is 32.2. The molecular weight excluding hydrogens is 624 g/mol. The molecular formula is C39H43NO5P2. The molecule has 0 saturated heterocycles. The van der Waals surface area contributed by atoms with Crippen molar-refractivity contribution in [3.8, 4) is 0 Å². The quantitative estimate of drug-likeness (QED) is 0.125. The Hall–Kier alpha value is -3.79. The van der Waals surface area contributed by atoms with Crippen LogP contribution in [0.2, 0.25) is 0 Å². The summed E-state index contributed by atoms with van der Waals surface area (Å²) in [5, 5.41) is 32.1. The van der Waals surface area contributed by atoms with Crippen molar-refractivity contribution in [1.29, 1.82) is 0 Å². The summed E-state index contributed by atoms with van der Waals surface area (Å²) >= 11 is 0. The van der Waals surface area contributed by atoms with Gasteiger partial charge in [-0.25, -0.2) is 0 Å². The van der Waals surface area contributed by atoms with Gasteiger partial charge in [0.05, 0.1) is 0 Å². The Morgan fingerprint density at radius 1 is 0.532 bits per heavy atom. The van der Waals surface area contributed by atoms with Crippen molar-refractivity contribution in [3.05, 3.63) is 155 Å². The molecule has 2 aliphatic carbocycles. The first kappa shape index (κ1) is 34.5. The highest BCUT2D eigenvalue weighted by Crippen LogP contribution is 2.63. The van der Waals surface area contributed by atoms with Crippen LogP contribution in [0.25, 0.3) is 0 Å². The number of aliphatic hydroxyl groups excluding tert-OH is 2. The van der Waals surface area contributed by atoms with E-state index in [1.807, 2.05) is 121 Å². The van der Waals surface area contributed by atoms with E-state index in [1.165, 1.54) is 0 Å². The summed E-state index contributed by atoms with van der Waals surface area (Å²) in [5.41, 5.74) is 2.29. The normalized spacial score (nSPS) is 17.1. The molecule has 8 heteroatoms. The highest BCUT2D eigenvalue weighted by molar-refractivity contribution is 7.79. The summed E-state index contributed by atoms with van der Waals surface area (Å²) in [7, 11) is -4.52. The molecule has 1 aromatic heterocycles. The minimum absolute atomic E-state index is 0.459. The third-order valence-corrected chi connectivity index (χ3v) is 16.4. The fourth-order valence-corrected chi connectivity index (χ4v) is 14.2. The summed E-state index contributed by atoms with van der Waals surface area (Å²) in [6.45, 7) is 0. The van der Waals surface area contributed by atoms with Gasteiger partial charge in [-0.2, -0.15) is 4.73 Å². The molecule has 2 atom stereocenters. The van der Waals surface area contributed by atoms with Crippen molar-refractivity contribution in [2.24, 2.45) is 0 Å². The Bertz CT molecular complexity index is 1630. The first-order valence-electron chi connectivity index (χ1n) is 16.1. The molecule has 0 bridgehead atoms. The maximum atomic E-state index is 15.6. The van der Waals surface area contributed by atoms with E-state index in [-0.39, 0.29) is 0 Å². The predicted octanol–water partition coefficient (Wildman–Crippen LogP) is 6.32. The van der Waals surface area contributed by atoms with Gasteiger partial charge in [0.25, 0.3) is 0 Å². The minimum Gasteiger partial charge on any atom is -0.618 e. The van der Waals surface area contributed by atoms with Gasteiger partial charge in [-0.05, 0) is 44.6 Å². The first-order valence-corrected chi connectivity index (χ1v) is 19.7. The molecule has 244 valence electrons. The Kier molecular flexibility index (Phi) is 11.3. The van der Waals surface area contributed by atoms with Crippen LogP contribution in [-0.4, -0.2) is 24.4 Å². The topological polar surface area (TPSA) is 102 Å². The molecule has 1 heterocycles. The second-order valence-electron chi connectivity index (χ2n) is 11.7. The zero-order valence-corrected chi connectivity index (χ0v) is 28.8. The zero-order chi connectivity index (χ0) is 33.4. The summed E-state index contributed by atoms with van der Waals surface area (Å²) in [6.07, 6.45) is 4.63. The van der Waals surface area contributed by atoms with E-state index >= 15 is 9.13 Å². The van der Waals surface area contributed by atoms with Gasteiger partial charge in [0, 0.05) is 46.6 Å². The van der Waals surface area contributed by atoms with E-state index in [9.17, 15) is 5.21 Å². The molecule has 6 nitrogen and oxygen atoms in total. The lowest BCUT2D eigenvalue weighted by atomic mass is 9.88. The van der Waals surface area contributed by atoms with Gasteiger partial charge in [0.2, 0.25) is 11.4 Å². The molecule has 2 N–H and O–H groups in total. The van der Waals surface area contributed by atoms with Crippen molar-refractivity contribution >= 4 is 35.5 Å². The summed E-state index contributed by atoms with van der Waals surface area (Å²) in [6, 6.07) is 40.9. The Labute approximate surface area is 278 Å². The van der Waals surface area contributed by atoms with Crippen LogP contribution >= 0.6 is 14.3 Å². The van der Waals surface area contributed by atoms with Gasteiger partial charge in [0.15, 0.2) is 14.3 Å². The van der Waals surface area contributed by atoms with E-state index in [2.05, 4.69) is 6.07 Å². The molecule has 7 rings (SSSR count). The van der Waals surface area contributed by atoms with Crippen molar-refractivity contribution in [2.75, 3.05) is 14.2 Å². The maximum Gasteiger partial charge on any atom is 0.207 e. The SMILES string of the molecule is CO.CO.O=P(c1ccccc1)(c1ccccc1)[C@H]1CCCc2cc3c([n+]([O-])c21)[C@@H](P(=O)(c1ccccc1)c1ccccc1)CCC3. The number of rotatable bonds is 6. The third-order valence-electron chi connectivity index (χ3n) is 9.36. The fourth-order valence-electron chi connectivity index (χ4n) is 7.42. The van der Waals surface area contributed by atoms with Gasteiger partial charge in [-0.3, -0.25) is 0 Å². The van der Waals surface area contributed by atoms with Crippen LogP contribution in [0.15, 0.2) is 127 Å². The third kappa shape index (κ3) is 6.28. The molecule has 4 aromatic carbocycles. The van der Waals surface area contributed by atoms with E-state index in [4.69, 9.17) is 10.2 Å². The second-order valence-corrected chi connectivity index (χ2v) is 17.7. The predicted molar refractivity (Wildman–Crippen MR) is 193 cm³/mol. The number of aromatic nitrogens is 1. The number of aryl methyl sites for hydroxylation is 2. The van der Waals surface area contributed by atoms with Gasteiger partial charge in [-0.15, -0.1) is 0 Å². The molecule has 5 aromatic rings. The molecule has 0 fully saturated rings. The van der Waals surface area contributed by atoms with Crippen LogP contribution in [0.3, 0.4) is 0 Å². The van der Waals surface area contributed by atoms with E-state index in [1.54, 1.807) is 0 Å². The Morgan fingerprint density at radius 2 is 0.809 bits per heavy atom. The number of nitrogens with zero attached hydrogens (tertiary/aromatic N) is 1. The highest BCUT2D eigenvalue weighted by Gasteiger charge is 2.49. The van der Waals surface area contributed by atoms with Crippen LogP contribution in [0.5, 0.6) is 0 Å².